The molecule has 0 unspecified atom stereocenters. The maximum atomic E-state index is 12.6. The number of nitrogens with two attached hydrogens (primary N) is 1. The number of carbonyl (C=O) groups is 2. The van der Waals surface area contributed by atoms with Crippen molar-refractivity contribution >= 4 is 28.9 Å². The van der Waals surface area contributed by atoms with Crippen molar-refractivity contribution < 1.29 is 14.3 Å². The number of nitrogen functional groups attached to an aromatic ring is 1. The molecular weight excluding hydrogens is 324 g/mol. The molecule has 3 rings (SSSR count). The van der Waals surface area contributed by atoms with E-state index < -0.39 is 12.1 Å². The molecule has 1 atom stereocenters. The second kappa shape index (κ2) is 6.65. The number of ether oxygens (including phenoxy) is 1. The molecule has 0 aliphatic carbocycles. The van der Waals surface area contributed by atoms with E-state index in [0.717, 1.165) is 12.0 Å². The normalized spacial score (nSPS) is 14.8. The fourth-order valence-corrected chi connectivity index (χ4v) is 3.70. The number of anilines is 1. The number of thiophene rings is 1. The van der Waals surface area contributed by atoms with Gasteiger partial charge in [-0.1, -0.05) is 11.6 Å². The number of benzene rings is 1. The Morgan fingerprint density at radius 2 is 2.12 bits per heavy atom. The quantitative estimate of drug-likeness (QED) is 0.686. The Morgan fingerprint density at radius 3 is 2.92 bits per heavy atom. The maximum absolute atomic E-state index is 12.6. The van der Waals surface area contributed by atoms with Gasteiger partial charge >= 0.3 is 5.97 Å². The van der Waals surface area contributed by atoms with E-state index in [4.69, 9.17) is 10.5 Å². The van der Waals surface area contributed by atoms with Crippen LogP contribution in [0.25, 0.3) is 0 Å². The molecule has 5 nitrogen and oxygen atoms in total. The molecule has 6 heteroatoms. The van der Waals surface area contributed by atoms with E-state index in [0.29, 0.717) is 24.3 Å². The largest absolute Gasteiger partial charge is 0.449 e. The van der Waals surface area contributed by atoms with Gasteiger partial charge in [0.05, 0.1) is 5.56 Å². The van der Waals surface area contributed by atoms with Gasteiger partial charge in [0.1, 0.15) is 0 Å². The zero-order valence-corrected chi connectivity index (χ0v) is 14.6. The van der Waals surface area contributed by atoms with E-state index in [-0.39, 0.29) is 5.91 Å². The van der Waals surface area contributed by atoms with E-state index in [9.17, 15) is 9.59 Å². The number of hydrogen-bond acceptors (Lipinski definition) is 5. The highest BCUT2D eigenvalue weighted by atomic mass is 32.1. The summed E-state index contributed by atoms with van der Waals surface area (Å²) in [5, 5.41) is 2.04. The van der Waals surface area contributed by atoms with Gasteiger partial charge in [0.2, 0.25) is 0 Å². The van der Waals surface area contributed by atoms with Crippen molar-refractivity contribution in [2.75, 3.05) is 12.3 Å². The number of nitrogens with zero attached hydrogens (tertiary/aromatic N) is 1. The number of esters is 1. The van der Waals surface area contributed by atoms with Crippen LogP contribution in [0.5, 0.6) is 0 Å². The average molecular weight is 344 g/mol. The summed E-state index contributed by atoms with van der Waals surface area (Å²) in [6.07, 6.45) is 0.0159. The minimum absolute atomic E-state index is 0.175. The molecule has 2 heterocycles. The highest BCUT2D eigenvalue weighted by molar-refractivity contribution is 7.10. The van der Waals surface area contributed by atoms with Crippen molar-refractivity contribution in [2.45, 2.75) is 32.9 Å². The molecule has 1 aliphatic rings. The van der Waals surface area contributed by atoms with Gasteiger partial charge in [0, 0.05) is 23.7 Å². The van der Waals surface area contributed by atoms with E-state index in [1.165, 1.54) is 10.4 Å². The molecule has 1 aliphatic heterocycles. The van der Waals surface area contributed by atoms with Gasteiger partial charge in [-0.2, -0.15) is 0 Å². The predicted molar refractivity (Wildman–Crippen MR) is 93.9 cm³/mol. The lowest BCUT2D eigenvalue weighted by molar-refractivity contribution is -0.140. The van der Waals surface area contributed by atoms with Crippen LogP contribution in [0.1, 0.15) is 33.3 Å². The number of amides is 1. The number of hydrogen-bond donors (Lipinski definition) is 1. The van der Waals surface area contributed by atoms with Crippen molar-refractivity contribution in [3.8, 4) is 0 Å². The van der Waals surface area contributed by atoms with E-state index >= 15 is 0 Å². The molecule has 0 saturated carbocycles. The number of rotatable bonds is 3. The molecule has 1 aromatic carbocycles. The Balaban J connectivity index is 1.66. The van der Waals surface area contributed by atoms with Crippen LogP contribution in [-0.2, 0) is 22.5 Å². The molecule has 126 valence electrons. The number of carbonyl (C=O) groups excluding carboxylic acids is 2. The molecule has 0 spiro atoms. The Morgan fingerprint density at radius 1 is 1.33 bits per heavy atom. The first kappa shape index (κ1) is 16.5. The zero-order valence-electron chi connectivity index (χ0n) is 13.7. The Bertz CT molecular complexity index is 784. The Kier molecular flexibility index (Phi) is 4.57. The van der Waals surface area contributed by atoms with Gasteiger partial charge in [-0.15, -0.1) is 11.3 Å². The summed E-state index contributed by atoms with van der Waals surface area (Å²) in [4.78, 5) is 27.9. The second-order valence-electron chi connectivity index (χ2n) is 6.02. The third-order valence-corrected chi connectivity index (χ3v) is 5.20. The highest BCUT2D eigenvalue weighted by Crippen LogP contribution is 2.25. The predicted octanol–water partition coefficient (Wildman–Crippen LogP) is 2.77. The average Bonchev–Trinajstić information content (AvgIpc) is 3.03. The van der Waals surface area contributed by atoms with E-state index in [1.807, 2.05) is 24.4 Å². The molecule has 2 aromatic rings. The Hall–Kier alpha value is -2.34. The summed E-state index contributed by atoms with van der Waals surface area (Å²) in [7, 11) is 0. The number of fused-ring (bicyclic) bond motifs is 1. The fourth-order valence-electron chi connectivity index (χ4n) is 2.82. The molecule has 0 radical (unpaired) electrons. The van der Waals surface area contributed by atoms with Crippen LogP contribution < -0.4 is 5.73 Å². The van der Waals surface area contributed by atoms with Crippen molar-refractivity contribution in [1.82, 2.24) is 4.90 Å². The van der Waals surface area contributed by atoms with Gasteiger partial charge < -0.3 is 15.4 Å². The summed E-state index contributed by atoms with van der Waals surface area (Å²) in [6.45, 7) is 4.71. The molecule has 1 aromatic heterocycles. The first-order valence-corrected chi connectivity index (χ1v) is 8.75. The van der Waals surface area contributed by atoms with Gasteiger partial charge in [-0.3, -0.25) is 4.79 Å². The molecule has 0 fully saturated rings. The van der Waals surface area contributed by atoms with Crippen molar-refractivity contribution in [2.24, 2.45) is 0 Å². The second-order valence-corrected chi connectivity index (χ2v) is 7.02. The van der Waals surface area contributed by atoms with Gasteiger partial charge in [-0.05, 0) is 49.4 Å². The minimum atomic E-state index is -0.836. The zero-order chi connectivity index (χ0) is 17.3. The van der Waals surface area contributed by atoms with Crippen LogP contribution in [-0.4, -0.2) is 29.4 Å². The summed E-state index contributed by atoms with van der Waals surface area (Å²) >= 11 is 1.72. The first-order valence-electron chi connectivity index (χ1n) is 7.87. The first-order chi connectivity index (χ1) is 11.5. The van der Waals surface area contributed by atoms with Crippen LogP contribution in [0.15, 0.2) is 29.6 Å². The lowest BCUT2D eigenvalue weighted by Crippen LogP contribution is -2.42. The molecule has 0 saturated heterocycles. The minimum Gasteiger partial charge on any atom is -0.449 e. The van der Waals surface area contributed by atoms with Crippen molar-refractivity contribution in [3.05, 3.63) is 51.2 Å². The van der Waals surface area contributed by atoms with Crippen LogP contribution in [0.4, 0.5) is 5.69 Å². The maximum Gasteiger partial charge on any atom is 0.341 e. The number of aryl methyl sites for hydroxylation is 1. The van der Waals surface area contributed by atoms with Crippen molar-refractivity contribution in [1.29, 1.82) is 0 Å². The molecular formula is C18H20N2O3S. The summed E-state index contributed by atoms with van der Waals surface area (Å²) < 4.78 is 5.35. The third-order valence-electron chi connectivity index (χ3n) is 4.18. The highest BCUT2D eigenvalue weighted by Gasteiger charge is 2.28. The molecule has 2 N–H and O–H groups in total. The lowest BCUT2D eigenvalue weighted by Gasteiger charge is -2.29. The third kappa shape index (κ3) is 3.28. The fraction of sp³-hybridized carbons (Fsp3) is 0.333. The van der Waals surface area contributed by atoms with E-state index in [1.54, 1.807) is 35.3 Å². The molecule has 1 amide bonds. The van der Waals surface area contributed by atoms with Crippen LogP contribution in [0.3, 0.4) is 0 Å². The van der Waals surface area contributed by atoms with Gasteiger partial charge in [0.25, 0.3) is 5.91 Å². The molecule has 0 bridgehead atoms. The summed E-state index contributed by atoms with van der Waals surface area (Å²) in [5.41, 5.74) is 8.58. The summed E-state index contributed by atoms with van der Waals surface area (Å²) in [5.74, 6) is -0.739. The lowest BCUT2D eigenvalue weighted by atomic mass is 10.1. The SMILES string of the molecule is Cc1ccc(N)c(C(=O)O[C@@H](C)C(=O)N2CCc3sccc3C2)c1. The van der Waals surface area contributed by atoms with Crippen LogP contribution >= 0.6 is 11.3 Å². The topological polar surface area (TPSA) is 72.6 Å². The standard InChI is InChI=1S/C18H20N2O3S/c1-11-3-4-15(19)14(9-11)18(22)23-12(2)17(21)20-7-5-16-13(10-20)6-8-24-16/h3-4,6,8-9,12H,5,7,10,19H2,1-2H3/t12-/m0/s1. The van der Waals surface area contributed by atoms with Crippen molar-refractivity contribution in [3.63, 3.8) is 0 Å². The molecule has 24 heavy (non-hydrogen) atoms. The smallest absolute Gasteiger partial charge is 0.341 e. The Labute approximate surface area is 145 Å². The van der Waals surface area contributed by atoms with Crippen LogP contribution in [0, 0.1) is 6.92 Å². The van der Waals surface area contributed by atoms with Crippen LogP contribution in [0.2, 0.25) is 0 Å². The monoisotopic (exact) mass is 344 g/mol. The van der Waals surface area contributed by atoms with Gasteiger partial charge in [0.15, 0.2) is 6.10 Å². The van der Waals surface area contributed by atoms with Gasteiger partial charge in [-0.25, -0.2) is 4.79 Å². The summed E-state index contributed by atoms with van der Waals surface area (Å²) in [6, 6.07) is 7.21. The van der Waals surface area contributed by atoms with E-state index in [2.05, 4.69) is 0 Å².